The molecule has 0 saturated heterocycles. The lowest BCUT2D eigenvalue weighted by Crippen LogP contribution is -2.23. The van der Waals surface area contributed by atoms with E-state index in [-0.39, 0.29) is 17.9 Å². The number of nitrogens with zero attached hydrogens (tertiary/aromatic N) is 1. The quantitative estimate of drug-likeness (QED) is 0.686. The average molecular weight is 329 g/mol. The molecule has 0 unspecified atom stereocenters. The summed E-state index contributed by atoms with van der Waals surface area (Å²) < 4.78 is 1.47. The summed E-state index contributed by atoms with van der Waals surface area (Å²) in [4.78, 5) is 24.2. The van der Waals surface area contributed by atoms with Crippen LogP contribution in [0, 0.1) is 11.8 Å². The van der Waals surface area contributed by atoms with Gasteiger partial charge in [0, 0.05) is 30.0 Å². The summed E-state index contributed by atoms with van der Waals surface area (Å²) in [5.41, 5.74) is 1.82. The molecule has 0 saturated carbocycles. The molecule has 0 radical (unpaired) electrons. The van der Waals surface area contributed by atoms with Crippen molar-refractivity contribution >= 4 is 16.6 Å². The summed E-state index contributed by atoms with van der Waals surface area (Å²) >= 11 is 0. The van der Waals surface area contributed by atoms with Crippen molar-refractivity contribution in [1.82, 2.24) is 4.57 Å². The van der Waals surface area contributed by atoms with Crippen LogP contribution in [0.25, 0.3) is 10.8 Å². The van der Waals surface area contributed by atoms with Gasteiger partial charge >= 0.3 is 0 Å². The van der Waals surface area contributed by atoms with Crippen LogP contribution in [0.15, 0.2) is 65.6 Å². The highest BCUT2D eigenvalue weighted by molar-refractivity contribution is 5.83. The highest BCUT2D eigenvalue weighted by Gasteiger charge is 2.06. The Morgan fingerprint density at radius 3 is 2.64 bits per heavy atom. The molecule has 1 heterocycles. The van der Waals surface area contributed by atoms with Crippen LogP contribution in [0.4, 0.5) is 0 Å². The molecule has 0 N–H and O–H groups in total. The van der Waals surface area contributed by atoms with E-state index in [1.54, 1.807) is 13.1 Å². The average Bonchev–Trinajstić information content (AvgIpc) is 2.65. The molecule has 0 aliphatic rings. The first-order valence-electron chi connectivity index (χ1n) is 8.35. The first-order chi connectivity index (χ1) is 12.2. The molecule has 3 rings (SSSR count). The summed E-state index contributed by atoms with van der Waals surface area (Å²) in [5.74, 6) is 6.31. The topological polar surface area (TPSA) is 39.1 Å². The maximum atomic E-state index is 12.6. The van der Waals surface area contributed by atoms with Crippen molar-refractivity contribution in [1.29, 1.82) is 0 Å². The Labute approximate surface area is 146 Å². The third kappa shape index (κ3) is 4.05. The van der Waals surface area contributed by atoms with E-state index in [1.165, 1.54) is 4.57 Å². The zero-order valence-electron chi connectivity index (χ0n) is 14.2. The van der Waals surface area contributed by atoms with Crippen molar-refractivity contribution in [2.24, 2.45) is 0 Å². The number of carbonyl (C=O) groups excluding carboxylic acids is 1. The molecule has 124 valence electrons. The Bertz CT molecular complexity index is 1020. The van der Waals surface area contributed by atoms with Crippen molar-refractivity contribution < 1.29 is 4.79 Å². The molecule has 0 spiro atoms. The highest BCUT2D eigenvalue weighted by atomic mass is 16.1. The lowest BCUT2D eigenvalue weighted by atomic mass is 10.1. The normalized spacial score (nSPS) is 10.3. The maximum Gasteiger partial charge on any atom is 0.258 e. The number of fused-ring (bicyclic) bond motifs is 1. The van der Waals surface area contributed by atoms with E-state index >= 15 is 0 Å². The van der Waals surface area contributed by atoms with E-state index in [0.29, 0.717) is 18.2 Å². The molecule has 3 aromatic rings. The minimum absolute atomic E-state index is 0.0419. The van der Waals surface area contributed by atoms with Crippen LogP contribution < -0.4 is 5.56 Å². The van der Waals surface area contributed by atoms with E-state index in [0.717, 1.165) is 16.5 Å². The molecular weight excluding hydrogens is 310 g/mol. The lowest BCUT2D eigenvalue weighted by Gasteiger charge is -2.06. The molecular formula is C22H19NO2. The van der Waals surface area contributed by atoms with Gasteiger partial charge in [0.2, 0.25) is 0 Å². The number of hydrogen-bond acceptors (Lipinski definition) is 2. The molecule has 0 amide bonds. The second kappa shape index (κ2) is 7.63. The number of pyridine rings is 1. The summed E-state index contributed by atoms with van der Waals surface area (Å²) in [6.07, 6.45) is 2.78. The maximum absolute atomic E-state index is 12.6. The summed E-state index contributed by atoms with van der Waals surface area (Å²) in [6.45, 7) is 1.92. The second-order valence-corrected chi connectivity index (χ2v) is 5.91. The monoisotopic (exact) mass is 329 g/mol. The van der Waals surface area contributed by atoms with Crippen molar-refractivity contribution in [3.05, 3.63) is 82.3 Å². The smallest absolute Gasteiger partial charge is 0.258 e. The molecule has 0 aliphatic heterocycles. The Balaban J connectivity index is 1.90. The van der Waals surface area contributed by atoms with Crippen LogP contribution in [-0.4, -0.2) is 10.4 Å². The van der Waals surface area contributed by atoms with E-state index in [4.69, 9.17) is 0 Å². The third-order valence-corrected chi connectivity index (χ3v) is 4.09. The highest BCUT2D eigenvalue weighted by Crippen LogP contribution is 2.12. The van der Waals surface area contributed by atoms with E-state index in [9.17, 15) is 9.59 Å². The van der Waals surface area contributed by atoms with Gasteiger partial charge in [-0.25, -0.2) is 0 Å². The SMILES string of the molecule is CCC(=O)Cn1ccc2ccc(C#CCc3ccccc3)cc2c1=O. The molecule has 25 heavy (non-hydrogen) atoms. The molecule has 0 aliphatic carbocycles. The van der Waals surface area contributed by atoms with Crippen molar-refractivity contribution in [3.8, 4) is 11.8 Å². The van der Waals surface area contributed by atoms with Gasteiger partial charge in [-0.2, -0.15) is 0 Å². The number of carbonyl (C=O) groups is 1. The zero-order chi connectivity index (χ0) is 17.6. The van der Waals surface area contributed by atoms with Gasteiger partial charge in [-0.05, 0) is 29.1 Å². The summed E-state index contributed by atoms with van der Waals surface area (Å²) in [5, 5.41) is 1.46. The Morgan fingerprint density at radius 1 is 1.08 bits per heavy atom. The first-order valence-corrected chi connectivity index (χ1v) is 8.35. The number of Topliss-reactive ketones (excluding diaryl/α,β-unsaturated/α-hetero) is 1. The standard InChI is InChI=1S/C22H19NO2/c1-2-20(24)16-23-14-13-19-12-11-18(15-21(19)22(23)25)10-6-9-17-7-4-3-5-8-17/h3-5,7-8,11-15H,2,9,16H2,1H3. The fourth-order valence-electron chi connectivity index (χ4n) is 2.63. The summed E-state index contributed by atoms with van der Waals surface area (Å²) in [6, 6.07) is 17.5. The van der Waals surface area contributed by atoms with Gasteiger partial charge in [-0.1, -0.05) is 55.2 Å². The molecule has 3 heteroatoms. The predicted molar refractivity (Wildman–Crippen MR) is 101 cm³/mol. The van der Waals surface area contributed by atoms with Crippen molar-refractivity contribution in [3.63, 3.8) is 0 Å². The van der Waals surface area contributed by atoms with Gasteiger partial charge < -0.3 is 4.57 Å². The van der Waals surface area contributed by atoms with Crippen molar-refractivity contribution in [2.75, 3.05) is 0 Å². The van der Waals surface area contributed by atoms with Crippen LogP contribution in [0.5, 0.6) is 0 Å². The molecule has 3 nitrogen and oxygen atoms in total. The van der Waals surface area contributed by atoms with Crippen LogP contribution in [0.3, 0.4) is 0 Å². The number of hydrogen-bond donors (Lipinski definition) is 0. The van der Waals surface area contributed by atoms with Gasteiger partial charge in [0.25, 0.3) is 5.56 Å². The van der Waals surface area contributed by atoms with Crippen LogP contribution in [-0.2, 0) is 17.8 Å². The molecule has 0 bridgehead atoms. The van der Waals surface area contributed by atoms with Crippen LogP contribution >= 0.6 is 0 Å². The Hall–Kier alpha value is -3.12. The largest absolute Gasteiger partial charge is 0.308 e. The number of ketones is 1. The minimum atomic E-state index is -0.147. The Kier molecular flexibility index (Phi) is 5.11. The van der Waals surface area contributed by atoms with E-state index in [2.05, 4.69) is 11.8 Å². The number of aromatic nitrogens is 1. The molecule has 0 atom stereocenters. The molecule has 1 aromatic heterocycles. The van der Waals surface area contributed by atoms with Crippen LogP contribution in [0.1, 0.15) is 24.5 Å². The van der Waals surface area contributed by atoms with Gasteiger partial charge in [0.15, 0.2) is 5.78 Å². The van der Waals surface area contributed by atoms with Crippen LogP contribution in [0.2, 0.25) is 0 Å². The second-order valence-electron chi connectivity index (χ2n) is 5.91. The number of benzene rings is 2. The third-order valence-electron chi connectivity index (χ3n) is 4.09. The predicted octanol–water partition coefficient (Wildman–Crippen LogP) is 3.57. The van der Waals surface area contributed by atoms with Gasteiger partial charge in [-0.15, -0.1) is 0 Å². The molecule has 2 aromatic carbocycles. The van der Waals surface area contributed by atoms with E-state index < -0.39 is 0 Å². The van der Waals surface area contributed by atoms with Gasteiger partial charge in [-0.3, -0.25) is 9.59 Å². The summed E-state index contributed by atoms with van der Waals surface area (Å²) in [7, 11) is 0. The number of rotatable bonds is 4. The fraction of sp³-hybridized carbons (Fsp3) is 0.182. The molecule has 0 fully saturated rings. The zero-order valence-corrected chi connectivity index (χ0v) is 14.2. The minimum Gasteiger partial charge on any atom is -0.308 e. The van der Waals surface area contributed by atoms with Gasteiger partial charge in [0.05, 0.1) is 6.54 Å². The van der Waals surface area contributed by atoms with E-state index in [1.807, 2.05) is 54.6 Å². The van der Waals surface area contributed by atoms with Gasteiger partial charge in [0.1, 0.15) is 0 Å². The lowest BCUT2D eigenvalue weighted by molar-refractivity contribution is -0.119. The fourth-order valence-corrected chi connectivity index (χ4v) is 2.63. The van der Waals surface area contributed by atoms with Crippen molar-refractivity contribution in [2.45, 2.75) is 26.3 Å². The Morgan fingerprint density at radius 2 is 1.88 bits per heavy atom. The first kappa shape index (κ1) is 16.7.